The average Bonchev–Trinajstić information content (AvgIpc) is 3.41. The van der Waals surface area contributed by atoms with E-state index in [-0.39, 0.29) is 11.8 Å². The van der Waals surface area contributed by atoms with Crippen molar-refractivity contribution in [1.82, 2.24) is 9.47 Å². The van der Waals surface area contributed by atoms with Gasteiger partial charge in [0.15, 0.2) is 0 Å². The first kappa shape index (κ1) is 21.7. The van der Waals surface area contributed by atoms with Crippen LogP contribution in [0.3, 0.4) is 0 Å². The zero-order valence-corrected chi connectivity index (χ0v) is 18.8. The molecule has 1 N–H and O–H groups in total. The minimum absolute atomic E-state index is 0.0789. The highest BCUT2D eigenvalue weighted by Crippen LogP contribution is 2.25. The van der Waals surface area contributed by atoms with Crippen molar-refractivity contribution in [2.75, 3.05) is 19.0 Å². The Hall–Kier alpha value is -3.54. The smallest absolute Gasteiger partial charge is 0.256 e. The molecule has 0 spiro atoms. The van der Waals surface area contributed by atoms with Crippen LogP contribution in [0.5, 0.6) is 5.75 Å². The van der Waals surface area contributed by atoms with Crippen LogP contribution in [0, 0.1) is 13.8 Å². The Morgan fingerprint density at radius 2 is 1.78 bits per heavy atom. The van der Waals surface area contributed by atoms with E-state index >= 15 is 0 Å². The van der Waals surface area contributed by atoms with Crippen LogP contribution in [0.15, 0.2) is 60.7 Å². The number of aromatic nitrogens is 1. The summed E-state index contributed by atoms with van der Waals surface area (Å²) in [6.45, 7) is 5.30. The predicted molar refractivity (Wildman–Crippen MR) is 125 cm³/mol. The van der Waals surface area contributed by atoms with E-state index in [9.17, 15) is 9.59 Å². The summed E-state index contributed by atoms with van der Waals surface area (Å²) >= 11 is 0. The molecule has 2 heterocycles. The highest BCUT2D eigenvalue weighted by Gasteiger charge is 2.35. The van der Waals surface area contributed by atoms with E-state index in [0.717, 1.165) is 23.6 Å². The molecule has 1 aromatic heterocycles. The molecule has 6 nitrogen and oxygen atoms in total. The van der Waals surface area contributed by atoms with Crippen LogP contribution in [0.4, 0.5) is 5.69 Å². The third-order valence-electron chi connectivity index (χ3n) is 6.16. The number of hydrogen-bond acceptors (Lipinski definition) is 3. The van der Waals surface area contributed by atoms with E-state index in [2.05, 4.69) is 22.0 Å². The molecule has 6 heteroatoms. The fraction of sp³-hybridized carbons (Fsp3) is 0.308. The third-order valence-corrected chi connectivity index (χ3v) is 6.16. The molecule has 1 aliphatic heterocycles. The highest BCUT2D eigenvalue weighted by atomic mass is 16.5. The second-order valence-corrected chi connectivity index (χ2v) is 8.23. The van der Waals surface area contributed by atoms with E-state index in [0.29, 0.717) is 30.8 Å². The molecule has 1 unspecified atom stereocenters. The van der Waals surface area contributed by atoms with Crippen molar-refractivity contribution in [2.24, 2.45) is 0 Å². The Kier molecular flexibility index (Phi) is 6.30. The van der Waals surface area contributed by atoms with Gasteiger partial charge in [-0.1, -0.05) is 30.3 Å². The molecule has 3 aromatic rings. The van der Waals surface area contributed by atoms with Gasteiger partial charge in [-0.05, 0) is 62.6 Å². The van der Waals surface area contributed by atoms with Gasteiger partial charge in [-0.15, -0.1) is 0 Å². The maximum Gasteiger partial charge on any atom is 0.256 e. The molecule has 32 heavy (non-hydrogen) atoms. The summed E-state index contributed by atoms with van der Waals surface area (Å²) < 4.78 is 7.32. The molecule has 2 amide bonds. The Labute approximate surface area is 188 Å². The lowest BCUT2D eigenvalue weighted by Gasteiger charge is -2.24. The standard InChI is InChI=1S/C26H29N3O3/c1-18-16-23(19(2)29(18)17-20-8-5-4-6-9-20)26(31)28-15-7-10-24(28)25(30)27-21-11-13-22(32-3)14-12-21/h4-6,8-9,11-14,16,24H,7,10,15,17H2,1-3H3,(H,27,30). The Balaban J connectivity index is 1.50. The Bertz CT molecular complexity index is 1100. The highest BCUT2D eigenvalue weighted by molar-refractivity contribution is 6.02. The topological polar surface area (TPSA) is 63.6 Å². The Morgan fingerprint density at radius 1 is 1.06 bits per heavy atom. The largest absolute Gasteiger partial charge is 0.497 e. The molecule has 0 bridgehead atoms. The summed E-state index contributed by atoms with van der Waals surface area (Å²) in [5, 5.41) is 2.94. The second kappa shape index (κ2) is 9.30. The van der Waals surface area contributed by atoms with Crippen molar-refractivity contribution in [2.45, 2.75) is 39.3 Å². The van der Waals surface area contributed by atoms with Crippen molar-refractivity contribution in [1.29, 1.82) is 0 Å². The fourth-order valence-electron chi connectivity index (χ4n) is 4.36. The van der Waals surface area contributed by atoms with Crippen molar-refractivity contribution >= 4 is 17.5 Å². The molecule has 1 saturated heterocycles. The molecule has 0 saturated carbocycles. The molecule has 1 atom stereocenters. The van der Waals surface area contributed by atoms with Gasteiger partial charge in [0.1, 0.15) is 11.8 Å². The van der Waals surface area contributed by atoms with Gasteiger partial charge in [-0.3, -0.25) is 9.59 Å². The predicted octanol–water partition coefficient (Wildman–Crippen LogP) is 4.41. The van der Waals surface area contributed by atoms with Gasteiger partial charge in [0.05, 0.1) is 12.7 Å². The van der Waals surface area contributed by atoms with Crippen LogP contribution in [-0.4, -0.2) is 41.0 Å². The molecule has 0 radical (unpaired) electrons. The summed E-state index contributed by atoms with van der Waals surface area (Å²) in [4.78, 5) is 28.1. The number of carbonyl (C=O) groups excluding carboxylic acids is 2. The average molecular weight is 432 g/mol. The number of hydrogen-bond donors (Lipinski definition) is 1. The van der Waals surface area contributed by atoms with Gasteiger partial charge in [-0.25, -0.2) is 0 Å². The molecule has 1 fully saturated rings. The van der Waals surface area contributed by atoms with Gasteiger partial charge in [0.2, 0.25) is 5.91 Å². The SMILES string of the molecule is COc1ccc(NC(=O)C2CCCN2C(=O)c2cc(C)n(Cc3ccccc3)c2C)cc1. The quantitative estimate of drug-likeness (QED) is 0.629. The number of anilines is 1. The Morgan fingerprint density at radius 3 is 2.47 bits per heavy atom. The number of nitrogens with one attached hydrogen (secondary N) is 1. The summed E-state index contributed by atoms with van der Waals surface area (Å²) in [6, 6.07) is 18.9. The van der Waals surface area contributed by atoms with Crippen LogP contribution in [0.25, 0.3) is 0 Å². The number of aryl methyl sites for hydroxylation is 1. The van der Waals surface area contributed by atoms with Crippen LogP contribution in [0.1, 0.15) is 40.2 Å². The lowest BCUT2D eigenvalue weighted by Crippen LogP contribution is -2.43. The maximum absolute atomic E-state index is 13.5. The van der Waals surface area contributed by atoms with Crippen molar-refractivity contribution in [3.05, 3.63) is 83.2 Å². The second-order valence-electron chi connectivity index (χ2n) is 8.23. The summed E-state index contributed by atoms with van der Waals surface area (Å²) in [5.41, 5.74) is 4.51. The zero-order valence-electron chi connectivity index (χ0n) is 18.8. The number of amides is 2. The van der Waals surface area contributed by atoms with Gasteiger partial charge in [0.25, 0.3) is 5.91 Å². The number of ether oxygens (including phenoxy) is 1. The number of methoxy groups -OCH3 is 1. The molecule has 1 aliphatic rings. The van der Waals surface area contributed by atoms with E-state index in [1.165, 1.54) is 5.56 Å². The summed E-state index contributed by atoms with van der Waals surface area (Å²) in [7, 11) is 1.60. The zero-order chi connectivity index (χ0) is 22.7. The number of likely N-dealkylation sites (tertiary alicyclic amines) is 1. The number of carbonyl (C=O) groups is 2. The minimum Gasteiger partial charge on any atom is -0.497 e. The van der Waals surface area contributed by atoms with E-state index in [4.69, 9.17) is 4.74 Å². The van der Waals surface area contributed by atoms with Crippen LogP contribution >= 0.6 is 0 Å². The first-order chi connectivity index (χ1) is 15.5. The number of rotatable bonds is 6. The lowest BCUT2D eigenvalue weighted by atomic mass is 10.1. The minimum atomic E-state index is -0.471. The monoisotopic (exact) mass is 431 g/mol. The van der Waals surface area contributed by atoms with E-state index < -0.39 is 6.04 Å². The number of benzene rings is 2. The van der Waals surface area contributed by atoms with Crippen LogP contribution in [-0.2, 0) is 11.3 Å². The lowest BCUT2D eigenvalue weighted by molar-refractivity contribution is -0.119. The van der Waals surface area contributed by atoms with Gasteiger partial charge in [0, 0.05) is 30.2 Å². The molecule has 166 valence electrons. The van der Waals surface area contributed by atoms with E-state index in [1.54, 1.807) is 36.3 Å². The van der Waals surface area contributed by atoms with Gasteiger partial charge < -0.3 is 19.5 Å². The van der Waals surface area contributed by atoms with Crippen LogP contribution in [0.2, 0.25) is 0 Å². The van der Waals surface area contributed by atoms with Crippen molar-refractivity contribution in [3.8, 4) is 5.75 Å². The third kappa shape index (κ3) is 4.40. The molecule has 2 aromatic carbocycles. The summed E-state index contributed by atoms with van der Waals surface area (Å²) in [6.07, 6.45) is 1.48. The van der Waals surface area contributed by atoms with Gasteiger partial charge in [-0.2, -0.15) is 0 Å². The molecular weight excluding hydrogens is 402 g/mol. The van der Waals surface area contributed by atoms with Crippen molar-refractivity contribution in [3.63, 3.8) is 0 Å². The van der Waals surface area contributed by atoms with Crippen LogP contribution < -0.4 is 10.1 Å². The fourth-order valence-corrected chi connectivity index (χ4v) is 4.36. The molecular formula is C26H29N3O3. The van der Waals surface area contributed by atoms with Gasteiger partial charge >= 0.3 is 0 Å². The summed E-state index contributed by atoms with van der Waals surface area (Å²) in [5.74, 6) is 0.496. The molecule has 0 aliphatic carbocycles. The normalized spacial score (nSPS) is 15.6. The first-order valence-corrected chi connectivity index (χ1v) is 10.9. The first-order valence-electron chi connectivity index (χ1n) is 10.9. The molecule has 4 rings (SSSR count). The number of nitrogens with zero attached hydrogens (tertiary/aromatic N) is 2. The van der Waals surface area contributed by atoms with E-state index in [1.807, 2.05) is 38.1 Å². The van der Waals surface area contributed by atoms with Crippen molar-refractivity contribution < 1.29 is 14.3 Å². The maximum atomic E-state index is 13.5.